The van der Waals surface area contributed by atoms with Crippen LogP contribution in [0, 0.1) is 11.3 Å². The maximum Gasteiger partial charge on any atom is 0.242 e. The van der Waals surface area contributed by atoms with Crippen LogP contribution in [0.3, 0.4) is 0 Å². The lowest BCUT2D eigenvalue weighted by atomic mass is 10.4. The van der Waals surface area contributed by atoms with E-state index in [4.69, 9.17) is 16.9 Å². The highest BCUT2D eigenvalue weighted by Crippen LogP contribution is 2.26. The second kappa shape index (κ2) is 5.83. The first-order valence-electron chi connectivity index (χ1n) is 4.68. The molecule has 0 unspecified atom stereocenters. The van der Waals surface area contributed by atoms with E-state index in [1.165, 1.54) is 25.2 Å². The summed E-state index contributed by atoms with van der Waals surface area (Å²) in [5.41, 5.74) is 0. The Morgan fingerprint density at radius 1 is 1.53 bits per heavy atom. The lowest BCUT2D eigenvalue weighted by Crippen LogP contribution is -2.27. The van der Waals surface area contributed by atoms with E-state index >= 15 is 0 Å². The largest absolute Gasteiger partial charge is 0.242 e. The highest BCUT2D eigenvalue weighted by atomic mass is 79.9. The Labute approximate surface area is 114 Å². The fraction of sp³-hybridized carbons (Fsp3) is 0.300. The number of hydrogen-bond acceptors (Lipinski definition) is 3. The van der Waals surface area contributed by atoms with E-state index in [1.807, 2.05) is 6.07 Å². The highest BCUT2D eigenvalue weighted by Gasteiger charge is 2.20. The smallest absolute Gasteiger partial charge is 0.207 e. The SMILES string of the molecule is CN(CCC#N)S(=O)(=O)c1ccc(Cl)c(Br)c1. The van der Waals surface area contributed by atoms with Gasteiger partial charge in [0.15, 0.2) is 0 Å². The van der Waals surface area contributed by atoms with E-state index in [9.17, 15) is 8.42 Å². The highest BCUT2D eigenvalue weighted by molar-refractivity contribution is 9.10. The van der Waals surface area contributed by atoms with Gasteiger partial charge in [-0.1, -0.05) is 11.6 Å². The molecule has 0 saturated carbocycles. The molecule has 0 aliphatic rings. The van der Waals surface area contributed by atoms with Crippen molar-refractivity contribution in [2.24, 2.45) is 0 Å². The van der Waals surface area contributed by atoms with Gasteiger partial charge < -0.3 is 0 Å². The van der Waals surface area contributed by atoms with E-state index in [2.05, 4.69) is 15.9 Å². The molecular formula is C10H10BrClN2O2S. The number of sulfonamides is 1. The first-order chi connectivity index (χ1) is 7.89. The molecule has 0 atom stereocenters. The molecule has 4 nitrogen and oxygen atoms in total. The monoisotopic (exact) mass is 336 g/mol. The van der Waals surface area contributed by atoms with Crippen molar-refractivity contribution in [2.75, 3.05) is 13.6 Å². The predicted octanol–water partition coefficient (Wildman–Crippen LogP) is 2.64. The van der Waals surface area contributed by atoms with Crippen molar-refractivity contribution >= 4 is 37.6 Å². The molecule has 0 heterocycles. The number of rotatable bonds is 4. The Balaban J connectivity index is 3.05. The standard InChI is InChI=1S/C10H10BrClN2O2S/c1-14(6-2-5-13)17(15,16)8-3-4-10(12)9(11)7-8/h3-4,7H,2,6H2,1H3. The fourth-order valence-corrected chi connectivity index (χ4v) is 2.99. The number of halogens is 2. The Morgan fingerprint density at radius 3 is 2.71 bits per heavy atom. The van der Waals surface area contributed by atoms with Gasteiger partial charge in [0.05, 0.1) is 16.0 Å². The van der Waals surface area contributed by atoms with E-state index in [0.717, 1.165) is 4.31 Å². The first kappa shape index (κ1) is 14.5. The fourth-order valence-electron chi connectivity index (χ4n) is 1.14. The van der Waals surface area contributed by atoms with Crippen molar-refractivity contribution in [3.8, 4) is 6.07 Å². The lowest BCUT2D eigenvalue weighted by Gasteiger charge is -2.15. The van der Waals surface area contributed by atoms with Crippen molar-refractivity contribution in [1.82, 2.24) is 4.31 Å². The van der Waals surface area contributed by atoms with Gasteiger partial charge >= 0.3 is 0 Å². The van der Waals surface area contributed by atoms with Crippen LogP contribution in [0.15, 0.2) is 27.6 Å². The molecule has 0 aromatic heterocycles. The van der Waals surface area contributed by atoms with Crippen LogP contribution >= 0.6 is 27.5 Å². The molecule has 0 radical (unpaired) electrons. The van der Waals surface area contributed by atoms with Crippen molar-refractivity contribution < 1.29 is 8.42 Å². The molecule has 1 aromatic rings. The van der Waals surface area contributed by atoms with Gasteiger partial charge in [-0.15, -0.1) is 0 Å². The molecule has 0 aliphatic heterocycles. The van der Waals surface area contributed by atoms with Gasteiger partial charge in [0.25, 0.3) is 0 Å². The van der Waals surface area contributed by atoms with Gasteiger partial charge in [0, 0.05) is 24.5 Å². The second-order valence-corrected chi connectivity index (χ2v) is 6.62. The molecule has 0 spiro atoms. The summed E-state index contributed by atoms with van der Waals surface area (Å²) in [6, 6.07) is 6.30. The van der Waals surface area contributed by atoms with Gasteiger partial charge in [-0.25, -0.2) is 8.42 Å². The average Bonchev–Trinajstić information content (AvgIpc) is 2.29. The maximum atomic E-state index is 12.1. The lowest BCUT2D eigenvalue weighted by molar-refractivity contribution is 0.476. The van der Waals surface area contributed by atoms with Gasteiger partial charge in [-0.05, 0) is 34.1 Å². The summed E-state index contributed by atoms with van der Waals surface area (Å²) in [5, 5.41) is 8.88. The molecule has 7 heteroatoms. The third-order valence-corrected chi connectivity index (χ3v) is 5.20. The van der Waals surface area contributed by atoms with Crippen molar-refractivity contribution in [2.45, 2.75) is 11.3 Å². The third-order valence-electron chi connectivity index (χ3n) is 2.14. The molecule has 0 saturated heterocycles. The van der Waals surface area contributed by atoms with Crippen molar-refractivity contribution in [3.63, 3.8) is 0 Å². The van der Waals surface area contributed by atoms with E-state index in [0.29, 0.717) is 9.50 Å². The molecule has 0 bridgehead atoms. The number of hydrogen-bond donors (Lipinski definition) is 0. The van der Waals surface area contributed by atoms with Crippen LogP contribution in [-0.4, -0.2) is 26.3 Å². The zero-order valence-corrected chi connectivity index (χ0v) is 12.2. The van der Waals surface area contributed by atoms with E-state index in [1.54, 1.807) is 0 Å². The van der Waals surface area contributed by atoms with Crippen LogP contribution in [0.1, 0.15) is 6.42 Å². The summed E-state index contributed by atoms with van der Waals surface area (Å²) in [6.07, 6.45) is 0.157. The quantitative estimate of drug-likeness (QED) is 0.848. The predicted molar refractivity (Wildman–Crippen MR) is 69.2 cm³/mol. The number of benzene rings is 1. The first-order valence-corrected chi connectivity index (χ1v) is 7.29. The van der Waals surface area contributed by atoms with Gasteiger partial charge in [0.2, 0.25) is 10.0 Å². The molecule has 1 rings (SSSR count). The minimum Gasteiger partial charge on any atom is -0.207 e. The van der Waals surface area contributed by atoms with Crippen LogP contribution in [0.5, 0.6) is 0 Å². The summed E-state index contributed by atoms with van der Waals surface area (Å²) in [5.74, 6) is 0. The Kier molecular flexibility index (Phi) is 4.95. The molecular weight excluding hydrogens is 328 g/mol. The Bertz CT molecular complexity index is 554. The van der Waals surface area contributed by atoms with Crippen LogP contribution in [0.4, 0.5) is 0 Å². The zero-order chi connectivity index (χ0) is 13.1. The van der Waals surface area contributed by atoms with Crippen molar-refractivity contribution in [1.29, 1.82) is 5.26 Å². The zero-order valence-electron chi connectivity index (χ0n) is 9.02. The van der Waals surface area contributed by atoms with E-state index in [-0.39, 0.29) is 17.9 Å². The number of nitriles is 1. The Morgan fingerprint density at radius 2 is 2.18 bits per heavy atom. The second-order valence-electron chi connectivity index (χ2n) is 3.31. The third kappa shape index (κ3) is 3.42. The molecule has 0 N–H and O–H groups in total. The molecule has 1 aromatic carbocycles. The van der Waals surface area contributed by atoms with Crippen molar-refractivity contribution in [3.05, 3.63) is 27.7 Å². The van der Waals surface area contributed by atoms with Gasteiger partial charge in [-0.3, -0.25) is 0 Å². The van der Waals surface area contributed by atoms with Crippen LogP contribution in [0.2, 0.25) is 5.02 Å². The van der Waals surface area contributed by atoms with Crippen LogP contribution in [0.25, 0.3) is 0 Å². The minimum absolute atomic E-state index is 0.147. The summed E-state index contributed by atoms with van der Waals surface area (Å²) in [7, 11) is -2.12. The molecule has 92 valence electrons. The Hall–Kier alpha value is -0.610. The summed E-state index contributed by atoms with van der Waals surface area (Å²) in [4.78, 5) is 0.147. The van der Waals surface area contributed by atoms with Crippen LogP contribution in [-0.2, 0) is 10.0 Å². The molecule has 0 fully saturated rings. The summed E-state index contributed by atoms with van der Waals surface area (Å²) < 4.78 is 25.8. The maximum absolute atomic E-state index is 12.1. The molecule has 0 aliphatic carbocycles. The van der Waals surface area contributed by atoms with E-state index < -0.39 is 10.0 Å². The normalized spacial score (nSPS) is 11.5. The summed E-state index contributed by atoms with van der Waals surface area (Å²) >= 11 is 8.97. The van der Waals surface area contributed by atoms with Gasteiger partial charge in [0.1, 0.15) is 0 Å². The minimum atomic E-state index is -3.56. The van der Waals surface area contributed by atoms with Crippen LogP contribution < -0.4 is 0 Å². The molecule has 0 amide bonds. The van der Waals surface area contributed by atoms with Gasteiger partial charge in [-0.2, -0.15) is 9.57 Å². The molecule has 17 heavy (non-hydrogen) atoms. The summed E-state index contributed by atoms with van der Waals surface area (Å²) in [6.45, 7) is 0.166. The topological polar surface area (TPSA) is 61.2 Å². The number of nitrogens with zero attached hydrogens (tertiary/aromatic N) is 2. The average molecular weight is 338 g/mol.